The number of hydrogen-bond acceptors (Lipinski definition) is 4. The molecule has 4 nitrogen and oxygen atoms in total. The number of nitrogens with zero attached hydrogens (tertiary/aromatic N) is 2. The molecule has 0 saturated heterocycles. The number of thiazole rings is 1. The molecule has 0 aliphatic heterocycles. The third kappa shape index (κ3) is 2.68. The maximum absolute atomic E-state index is 11.8. The van der Waals surface area contributed by atoms with Gasteiger partial charge in [-0.05, 0) is 12.1 Å². The van der Waals surface area contributed by atoms with E-state index < -0.39 is 0 Å². The minimum absolute atomic E-state index is 0.252. The van der Waals surface area contributed by atoms with Crippen LogP contribution < -0.4 is 5.32 Å². The number of benzene rings is 1. The van der Waals surface area contributed by atoms with Crippen molar-refractivity contribution in [2.24, 2.45) is 0 Å². The zero-order valence-corrected chi connectivity index (χ0v) is 9.70. The van der Waals surface area contributed by atoms with Crippen LogP contribution in [-0.4, -0.2) is 10.9 Å². The Bertz CT molecular complexity index is 557. The quantitative estimate of drug-likeness (QED) is 0.896. The largest absolute Gasteiger partial charge is 0.345 e. The molecular formula is C12H9N3OS. The molecule has 0 atom stereocenters. The molecule has 1 amide bonds. The predicted molar refractivity (Wildman–Crippen MR) is 64.4 cm³/mol. The number of hydrogen-bond donors (Lipinski definition) is 1. The molecule has 0 aliphatic carbocycles. The van der Waals surface area contributed by atoms with E-state index in [1.165, 1.54) is 11.3 Å². The maximum Gasteiger partial charge on any atom is 0.252 e. The van der Waals surface area contributed by atoms with E-state index in [-0.39, 0.29) is 5.91 Å². The molecule has 1 N–H and O–H groups in total. The normalized spacial score (nSPS) is 9.59. The highest BCUT2D eigenvalue weighted by Crippen LogP contribution is 2.08. The molecule has 84 valence electrons. The lowest BCUT2D eigenvalue weighted by Gasteiger charge is -2.04. The summed E-state index contributed by atoms with van der Waals surface area (Å²) < 4.78 is 0. The van der Waals surface area contributed by atoms with E-state index in [0.717, 1.165) is 5.01 Å². The molecule has 0 fully saturated rings. The first kappa shape index (κ1) is 11.3. The van der Waals surface area contributed by atoms with Crippen LogP contribution in [0, 0.1) is 11.3 Å². The third-order valence-electron chi connectivity index (χ3n) is 2.18. The number of nitriles is 1. The van der Waals surface area contributed by atoms with Gasteiger partial charge in [0.15, 0.2) is 0 Å². The van der Waals surface area contributed by atoms with Crippen LogP contribution in [0.25, 0.3) is 0 Å². The lowest BCUT2D eigenvalue weighted by atomic mass is 10.1. The van der Waals surface area contributed by atoms with Gasteiger partial charge in [-0.1, -0.05) is 12.1 Å². The molecule has 0 bridgehead atoms. The summed E-state index contributed by atoms with van der Waals surface area (Å²) in [6.07, 6.45) is 1.69. The number of aromatic nitrogens is 1. The number of rotatable bonds is 3. The Balaban J connectivity index is 2.08. The smallest absolute Gasteiger partial charge is 0.252 e. The summed E-state index contributed by atoms with van der Waals surface area (Å²) in [6.45, 7) is 0.385. The summed E-state index contributed by atoms with van der Waals surface area (Å²) in [4.78, 5) is 15.9. The molecule has 2 rings (SSSR count). The van der Waals surface area contributed by atoms with Crippen molar-refractivity contribution in [3.05, 3.63) is 52.0 Å². The molecule has 1 aromatic carbocycles. The molecule has 0 aliphatic rings. The molecule has 0 spiro atoms. The topological polar surface area (TPSA) is 65.8 Å². The first-order valence-electron chi connectivity index (χ1n) is 4.97. The maximum atomic E-state index is 11.8. The predicted octanol–water partition coefficient (Wildman–Crippen LogP) is 1.94. The standard InChI is InChI=1S/C12H9N3OS/c13-7-9-3-1-2-4-10(9)12(16)15-8-11-14-5-6-17-11/h1-6H,8H2,(H,15,16). The van der Waals surface area contributed by atoms with E-state index in [1.54, 1.807) is 30.5 Å². The van der Waals surface area contributed by atoms with Crippen molar-refractivity contribution in [2.75, 3.05) is 0 Å². The van der Waals surface area contributed by atoms with Crippen molar-refractivity contribution in [3.8, 4) is 6.07 Å². The Hall–Kier alpha value is -2.19. The van der Waals surface area contributed by atoms with Gasteiger partial charge in [-0.15, -0.1) is 11.3 Å². The number of nitrogens with one attached hydrogen (secondary N) is 1. The van der Waals surface area contributed by atoms with E-state index in [1.807, 2.05) is 11.4 Å². The van der Waals surface area contributed by atoms with Crippen LogP contribution in [0.4, 0.5) is 0 Å². The van der Waals surface area contributed by atoms with Crippen molar-refractivity contribution < 1.29 is 4.79 Å². The second-order valence-electron chi connectivity index (χ2n) is 3.27. The van der Waals surface area contributed by atoms with E-state index in [0.29, 0.717) is 17.7 Å². The van der Waals surface area contributed by atoms with Crippen molar-refractivity contribution in [3.63, 3.8) is 0 Å². The lowest BCUT2D eigenvalue weighted by molar-refractivity contribution is 0.0950. The fourth-order valence-corrected chi connectivity index (χ4v) is 1.93. The van der Waals surface area contributed by atoms with Crippen LogP contribution in [0.3, 0.4) is 0 Å². The minimum Gasteiger partial charge on any atom is -0.345 e. The summed E-state index contributed by atoms with van der Waals surface area (Å²) in [5, 5.41) is 14.3. The minimum atomic E-state index is -0.252. The van der Waals surface area contributed by atoms with Gasteiger partial charge in [-0.3, -0.25) is 4.79 Å². The Morgan fingerprint density at radius 1 is 1.47 bits per heavy atom. The highest BCUT2D eigenvalue weighted by atomic mass is 32.1. The fraction of sp³-hybridized carbons (Fsp3) is 0.0833. The van der Waals surface area contributed by atoms with Gasteiger partial charge in [0.25, 0.3) is 5.91 Å². The van der Waals surface area contributed by atoms with Crippen LogP contribution in [0.15, 0.2) is 35.8 Å². The van der Waals surface area contributed by atoms with Crippen LogP contribution in [-0.2, 0) is 6.54 Å². The van der Waals surface area contributed by atoms with E-state index in [9.17, 15) is 4.79 Å². The lowest BCUT2D eigenvalue weighted by Crippen LogP contribution is -2.23. The van der Waals surface area contributed by atoms with Crippen molar-refractivity contribution >= 4 is 17.2 Å². The molecule has 2 aromatic rings. The first-order chi connectivity index (χ1) is 8.31. The summed E-state index contributed by atoms with van der Waals surface area (Å²) in [5.41, 5.74) is 0.774. The van der Waals surface area contributed by atoms with Gasteiger partial charge >= 0.3 is 0 Å². The second-order valence-corrected chi connectivity index (χ2v) is 4.25. The highest BCUT2D eigenvalue weighted by molar-refractivity contribution is 7.09. The summed E-state index contributed by atoms with van der Waals surface area (Å²) in [5.74, 6) is -0.252. The van der Waals surface area contributed by atoms with Gasteiger partial charge < -0.3 is 5.32 Å². The van der Waals surface area contributed by atoms with Crippen LogP contribution in [0.1, 0.15) is 20.9 Å². The molecule has 0 unspecified atom stereocenters. The Labute approximate surface area is 103 Å². The van der Waals surface area contributed by atoms with Crippen LogP contribution in [0.5, 0.6) is 0 Å². The van der Waals surface area contributed by atoms with Gasteiger partial charge in [-0.25, -0.2) is 4.98 Å². The number of carbonyl (C=O) groups is 1. The average molecular weight is 243 g/mol. The van der Waals surface area contributed by atoms with Crippen LogP contribution >= 0.6 is 11.3 Å². The van der Waals surface area contributed by atoms with Crippen molar-refractivity contribution in [2.45, 2.75) is 6.54 Å². The molecular weight excluding hydrogens is 234 g/mol. The third-order valence-corrected chi connectivity index (χ3v) is 2.96. The molecule has 0 saturated carbocycles. The zero-order chi connectivity index (χ0) is 12.1. The molecule has 1 heterocycles. The van der Waals surface area contributed by atoms with Crippen molar-refractivity contribution in [1.82, 2.24) is 10.3 Å². The Kier molecular flexibility index (Phi) is 3.48. The zero-order valence-electron chi connectivity index (χ0n) is 8.88. The van der Waals surface area contributed by atoms with Gasteiger partial charge in [-0.2, -0.15) is 5.26 Å². The number of amides is 1. The first-order valence-corrected chi connectivity index (χ1v) is 5.85. The summed E-state index contributed by atoms with van der Waals surface area (Å²) in [6, 6.07) is 8.72. The molecule has 1 aromatic heterocycles. The summed E-state index contributed by atoms with van der Waals surface area (Å²) in [7, 11) is 0. The van der Waals surface area contributed by atoms with E-state index >= 15 is 0 Å². The van der Waals surface area contributed by atoms with Gasteiger partial charge in [0.05, 0.1) is 23.7 Å². The van der Waals surface area contributed by atoms with Gasteiger partial charge in [0, 0.05) is 11.6 Å². The summed E-state index contributed by atoms with van der Waals surface area (Å²) >= 11 is 1.48. The molecule has 5 heteroatoms. The second kappa shape index (κ2) is 5.23. The molecule has 17 heavy (non-hydrogen) atoms. The monoisotopic (exact) mass is 243 g/mol. The fourth-order valence-electron chi connectivity index (χ4n) is 1.37. The highest BCUT2D eigenvalue weighted by Gasteiger charge is 2.10. The van der Waals surface area contributed by atoms with Gasteiger partial charge in [0.2, 0.25) is 0 Å². The molecule has 0 radical (unpaired) electrons. The Morgan fingerprint density at radius 2 is 2.29 bits per heavy atom. The van der Waals surface area contributed by atoms with E-state index in [4.69, 9.17) is 5.26 Å². The Morgan fingerprint density at radius 3 is 3.00 bits per heavy atom. The average Bonchev–Trinajstić information content (AvgIpc) is 2.89. The van der Waals surface area contributed by atoms with Crippen molar-refractivity contribution in [1.29, 1.82) is 5.26 Å². The SMILES string of the molecule is N#Cc1ccccc1C(=O)NCc1nccs1. The van der Waals surface area contributed by atoms with Crippen LogP contribution in [0.2, 0.25) is 0 Å². The van der Waals surface area contributed by atoms with E-state index in [2.05, 4.69) is 10.3 Å². The number of carbonyl (C=O) groups excluding carboxylic acids is 1. The van der Waals surface area contributed by atoms with Gasteiger partial charge in [0.1, 0.15) is 5.01 Å².